The smallest absolute Gasteiger partial charge is 0.228 e. The summed E-state index contributed by atoms with van der Waals surface area (Å²) in [4.78, 5) is 25.9. The van der Waals surface area contributed by atoms with Gasteiger partial charge in [0.2, 0.25) is 17.7 Å². The highest BCUT2D eigenvalue weighted by molar-refractivity contribution is 6.01. The summed E-state index contributed by atoms with van der Waals surface area (Å²) in [6.45, 7) is 6.51. The Kier molecular flexibility index (Phi) is 3.88. The summed E-state index contributed by atoms with van der Waals surface area (Å²) in [5.41, 5.74) is 0.896. The van der Waals surface area contributed by atoms with Gasteiger partial charge in [-0.25, -0.2) is 0 Å². The van der Waals surface area contributed by atoms with Crippen LogP contribution in [0.2, 0.25) is 0 Å². The largest absolute Gasteiger partial charge is 0.447 e. The Bertz CT molecular complexity index is 761. The second-order valence-corrected chi connectivity index (χ2v) is 6.76. The zero-order valence-corrected chi connectivity index (χ0v) is 13.8. The van der Waals surface area contributed by atoms with Gasteiger partial charge in [-0.3, -0.25) is 14.9 Å². The van der Waals surface area contributed by atoms with Crippen molar-refractivity contribution in [2.24, 2.45) is 0 Å². The number of aryl methyl sites for hydroxylation is 1. The maximum atomic E-state index is 12.2. The van der Waals surface area contributed by atoms with Crippen molar-refractivity contribution < 1.29 is 14.0 Å². The van der Waals surface area contributed by atoms with Crippen LogP contribution in [0.4, 0.5) is 5.88 Å². The quantitative estimate of drug-likeness (QED) is 0.940. The van der Waals surface area contributed by atoms with E-state index in [1.54, 1.807) is 11.2 Å². The topological polar surface area (TPSA) is 62.6 Å². The van der Waals surface area contributed by atoms with E-state index in [0.717, 1.165) is 22.8 Å². The average molecular weight is 314 g/mol. The van der Waals surface area contributed by atoms with Gasteiger partial charge < -0.3 is 9.32 Å². The van der Waals surface area contributed by atoms with Crippen molar-refractivity contribution in [1.82, 2.24) is 4.90 Å². The van der Waals surface area contributed by atoms with Crippen LogP contribution in [0.15, 0.2) is 28.9 Å². The zero-order chi connectivity index (χ0) is 16.6. The lowest BCUT2D eigenvalue weighted by molar-refractivity contribution is -0.131. The van der Waals surface area contributed by atoms with Gasteiger partial charge in [-0.2, -0.15) is 0 Å². The van der Waals surface area contributed by atoms with E-state index in [0.29, 0.717) is 18.8 Å². The maximum Gasteiger partial charge on any atom is 0.228 e. The van der Waals surface area contributed by atoms with Crippen molar-refractivity contribution >= 4 is 28.5 Å². The first-order valence-electron chi connectivity index (χ1n) is 7.95. The number of hydrogen-bond acceptors (Lipinski definition) is 3. The van der Waals surface area contributed by atoms with Crippen LogP contribution in [-0.4, -0.2) is 28.8 Å². The Labute approximate surface area is 135 Å². The van der Waals surface area contributed by atoms with Crippen molar-refractivity contribution in [2.75, 3.05) is 11.9 Å². The van der Waals surface area contributed by atoms with E-state index >= 15 is 0 Å². The van der Waals surface area contributed by atoms with Gasteiger partial charge >= 0.3 is 0 Å². The van der Waals surface area contributed by atoms with Crippen molar-refractivity contribution in [3.8, 4) is 0 Å². The lowest BCUT2D eigenvalue weighted by Crippen LogP contribution is -2.42. The average Bonchev–Trinajstić information content (AvgIpc) is 3.00. The maximum absolute atomic E-state index is 12.2. The van der Waals surface area contributed by atoms with Crippen LogP contribution in [0.1, 0.15) is 38.7 Å². The number of likely N-dealkylation sites (tertiary alicyclic amines) is 1. The lowest BCUT2D eigenvalue weighted by atomic mass is 10.0. The van der Waals surface area contributed by atoms with E-state index in [9.17, 15) is 9.59 Å². The summed E-state index contributed by atoms with van der Waals surface area (Å²) in [6.07, 6.45) is 3.32. The predicted octanol–water partition coefficient (Wildman–Crippen LogP) is 3.47. The standard InChI is InChI=1S/C18H22N2O3/c1-12-5-4-6-13-11-23-17(16(12)13)19-14(21)8-10-20-15(22)7-9-18(20,2)3/h4-6,11H,7-10H2,1-3H3,(H,19,21). The number of nitrogens with one attached hydrogen (secondary N) is 1. The number of amides is 2. The molecule has 0 radical (unpaired) electrons. The van der Waals surface area contributed by atoms with Crippen LogP contribution in [0.3, 0.4) is 0 Å². The molecule has 5 nitrogen and oxygen atoms in total. The first-order chi connectivity index (χ1) is 10.9. The van der Waals surface area contributed by atoms with Crippen LogP contribution in [-0.2, 0) is 9.59 Å². The van der Waals surface area contributed by atoms with Gasteiger partial charge in [-0.15, -0.1) is 0 Å². The highest BCUT2D eigenvalue weighted by atomic mass is 16.3. The Balaban J connectivity index is 1.66. The fourth-order valence-corrected chi connectivity index (χ4v) is 3.22. The molecule has 2 heterocycles. The van der Waals surface area contributed by atoms with Gasteiger partial charge in [0.15, 0.2) is 0 Å². The number of nitrogens with zero attached hydrogens (tertiary/aromatic N) is 1. The second kappa shape index (κ2) is 5.72. The van der Waals surface area contributed by atoms with Crippen molar-refractivity contribution in [1.29, 1.82) is 0 Å². The molecule has 3 rings (SSSR count). The number of benzene rings is 1. The number of carbonyl (C=O) groups excluding carboxylic acids is 2. The normalized spacial score (nSPS) is 17.0. The number of carbonyl (C=O) groups is 2. The molecule has 2 aromatic rings. The fraction of sp³-hybridized carbons (Fsp3) is 0.444. The first-order valence-corrected chi connectivity index (χ1v) is 7.95. The predicted molar refractivity (Wildman–Crippen MR) is 89.2 cm³/mol. The summed E-state index contributed by atoms with van der Waals surface area (Å²) < 4.78 is 5.49. The summed E-state index contributed by atoms with van der Waals surface area (Å²) in [6, 6.07) is 5.89. The van der Waals surface area contributed by atoms with Crippen LogP contribution in [0, 0.1) is 6.92 Å². The molecule has 2 amide bonds. The highest BCUT2D eigenvalue weighted by Crippen LogP contribution is 2.30. The van der Waals surface area contributed by atoms with E-state index < -0.39 is 0 Å². The monoisotopic (exact) mass is 314 g/mol. The molecule has 0 atom stereocenters. The van der Waals surface area contributed by atoms with E-state index in [-0.39, 0.29) is 23.8 Å². The summed E-state index contributed by atoms with van der Waals surface area (Å²) in [7, 11) is 0. The number of fused-ring (bicyclic) bond motifs is 1. The molecule has 0 unspecified atom stereocenters. The zero-order valence-electron chi connectivity index (χ0n) is 13.8. The van der Waals surface area contributed by atoms with Gasteiger partial charge in [0.1, 0.15) is 6.26 Å². The SMILES string of the molecule is Cc1cccc2coc(NC(=O)CCN3C(=O)CCC3(C)C)c12. The molecule has 1 fully saturated rings. The van der Waals surface area contributed by atoms with Crippen molar-refractivity contribution in [3.05, 3.63) is 30.0 Å². The van der Waals surface area contributed by atoms with E-state index in [1.165, 1.54) is 0 Å². The van der Waals surface area contributed by atoms with E-state index in [2.05, 4.69) is 5.32 Å². The molecule has 0 saturated carbocycles. The third-order valence-corrected chi connectivity index (χ3v) is 4.63. The lowest BCUT2D eigenvalue weighted by Gasteiger charge is -2.31. The Morgan fingerprint density at radius 2 is 2.17 bits per heavy atom. The van der Waals surface area contributed by atoms with Gasteiger partial charge in [-0.05, 0) is 32.8 Å². The van der Waals surface area contributed by atoms with Gasteiger partial charge in [0.05, 0.1) is 0 Å². The summed E-state index contributed by atoms with van der Waals surface area (Å²) in [5, 5.41) is 4.73. The highest BCUT2D eigenvalue weighted by Gasteiger charge is 2.37. The molecule has 122 valence electrons. The summed E-state index contributed by atoms with van der Waals surface area (Å²) in [5.74, 6) is 0.470. The molecule has 1 aromatic carbocycles. The summed E-state index contributed by atoms with van der Waals surface area (Å²) >= 11 is 0. The minimum absolute atomic E-state index is 0.127. The van der Waals surface area contributed by atoms with Crippen molar-refractivity contribution in [3.63, 3.8) is 0 Å². The Morgan fingerprint density at radius 1 is 1.39 bits per heavy atom. The first kappa shape index (κ1) is 15.6. The molecule has 1 N–H and O–H groups in total. The van der Waals surface area contributed by atoms with Gasteiger partial charge in [0, 0.05) is 35.7 Å². The number of rotatable bonds is 4. The van der Waals surface area contributed by atoms with Crippen LogP contribution in [0.5, 0.6) is 0 Å². The number of furan rings is 1. The number of anilines is 1. The van der Waals surface area contributed by atoms with Crippen LogP contribution < -0.4 is 5.32 Å². The minimum Gasteiger partial charge on any atom is -0.447 e. The minimum atomic E-state index is -0.161. The fourth-order valence-electron chi connectivity index (χ4n) is 3.22. The molecule has 0 aliphatic carbocycles. The third kappa shape index (κ3) is 2.96. The van der Waals surface area contributed by atoms with Gasteiger partial charge in [0.25, 0.3) is 0 Å². The molecule has 1 aromatic heterocycles. The van der Waals surface area contributed by atoms with Crippen molar-refractivity contribution in [2.45, 2.75) is 45.6 Å². The molecule has 0 bridgehead atoms. The van der Waals surface area contributed by atoms with Gasteiger partial charge in [-0.1, -0.05) is 18.2 Å². The second-order valence-electron chi connectivity index (χ2n) is 6.76. The van der Waals surface area contributed by atoms with E-state index in [4.69, 9.17) is 4.42 Å². The Hall–Kier alpha value is -2.30. The molecule has 5 heteroatoms. The molecular formula is C18H22N2O3. The van der Waals surface area contributed by atoms with Crippen LogP contribution in [0.25, 0.3) is 10.8 Å². The molecule has 1 aliphatic rings. The molecule has 0 spiro atoms. The molecule has 1 aliphatic heterocycles. The molecule has 23 heavy (non-hydrogen) atoms. The van der Waals surface area contributed by atoms with Crippen LogP contribution >= 0.6 is 0 Å². The molecular weight excluding hydrogens is 292 g/mol. The molecule has 1 saturated heterocycles. The van der Waals surface area contributed by atoms with E-state index in [1.807, 2.05) is 39.0 Å². The Morgan fingerprint density at radius 3 is 2.87 bits per heavy atom. The third-order valence-electron chi connectivity index (χ3n) is 4.63. The number of hydrogen-bond donors (Lipinski definition) is 1.